The number of nitriles is 1. The summed E-state index contributed by atoms with van der Waals surface area (Å²) in [5, 5.41) is 17.3. The van der Waals surface area contributed by atoms with Gasteiger partial charge in [-0.1, -0.05) is 17.3 Å². The summed E-state index contributed by atoms with van der Waals surface area (Å²) in [7, 11) is 0. The first-order valence-electron chi connectivity index (χ1n) is 7.59. The Morgan fingerprint density at radius 2 is 2.04 bits per heavy atom. The minimum absolute atomic E-state index is 0.145. The number of hydrogen-bond donors (Lipinski definition) is 2. The van der Waals surface area contributed by atoms with E-state index in [4.69, 9.17) is 9.78 Å². The molecule has 1 heterocycles. The summed E-state index contributed by atoms with van der Waals surface area (Å²) >= 11 is 1.22. The van der Waals surface area contributed by atoms with Crippen LogP contribution in [-0.2, 0) is 16.0 Å². The highest BCUT2D eigenvalue weighted by atomic mass is 32.2. The van der Waals surface area contributed by atoms with Crippen LogP contribution in [-0.4, -0.2) is 28.0 Å². The molecule has 0 fully saturated rings. The topological polar surface area (TPSA) is 108 Å². The van der Waals surface area contributed by atoms with E-state index in [1.54, 1.807) is 44.2 Å². The molecule has 7 nitrogen and oxygen atoms in total. The molecular formula is C17H18N4O3S. The first-order chi connectivity index (χ1) is 12.0. The van der Waals surface area contributed by atoms with Gasteiger partial charge in [-0.25, -0.2) is 0 Å². The number of hydrogen-bond acceptors (Lipinski definition) is 6. The fourth-order valence-corrected chi connectivity index (χ4v) is 2.61. The lowest BCUT2D eigenvalue weighted by Crippen LogP contribution is -2.25. The zero-order valence-corrected chi connectivity index (χ0v) is 14.7. The molecule has 1 aromatic heterocycles. The lowest BCUT2D eigenvalue weighted by atomic mass is 10.1. The normalized spacial score (nSPS) is 11.4. The Balaban J connectivity index is 1.76. The standard InChI is InChI=1S/C17H18N4O3S/c1-11-9-15(21-24-11)20-17(23)12(2)25-10-16(22)19-14-5-3-13(4-6-14)7-8-18/h3-6,9,12H,7,10H2,1-2H3,(H,19,22)(H,20,21,23)/t12-/m1/s1. The fraction of sp³-hybridized carbons (Fsp3) is 0.294. The summed E-state index contributed by atoms with van der Waals surface area (Å²) in [6.07, 6.45) is 0.335. The van der Waals surface area contributed by atoms with Crippen molar-refractivity contribution in [3.8, 4) is 6.07 Å². The summed E-state index contributed by atoms with van der Waals surface area (Å²) in [5.74, 6) is 0.668. The number of aryl methyl sites for hydroxylation is 1. The molecule has 0 spiro atoms. The summed E-state index contributed by atoms with van der Waals surface area (Å²) in [5.41, 5.74) is 1.55. The van der Waals surface area contributed by atoms with Crippen LogP contribution in [0.15, 0.2) is 34.9 Å². The molecule has 0 saturated carbocycles. The van der Waals surface area contributed by atoms with Crippen LogP contribution < -0.4 is 10.6 Å². The van der Waals surface area contributed by atoms with Gasteiger partial charge in [0.2, 0.25) is 11.8 Å². The van der Waals surface area contributed by atoms with E-state index < -0.39 is 5.25 Å². The third-order valence-electron chi connectivity index (χ3n) is 3.23. The van der Waals surface area contributed by atoms with Crippen molar-refractivity contribution >= 4 is 35.1 Å². The molecular weight excluding hydrogens is 340 g/mol. The molecule has 1 atom stereocenters. The second-order valence-electron chi connectivity index (χ2n) is 5.35. The molecule has 130 valence electrons. The van der Waals surface area contributed by atoms with Crippen LogP contribution >= 0.6 is 11.8 Å². The van der Waals surface area contributed by atoms with Crippen molar-refractivity contribution in [2.24, 2.45) is 0 Å². The van der Waals surface area contributed by atoms with Crippen molar-refractivity contribution in [1.82, 2.24) is 5.16 Å². The van der Waals surface area contributed by atoms with Gasteiger partial charge in [-0.05, 0) is 31.5 Å². The van der Waals surface area contributed by atoms with Gasteiger partial charge in [0.05, 0.1) is 23.5 Å². The summed E-state index contributed by atoms with van der Waals surface area (Å²) < 4.78 is 4.88. The Bertz CT molecular complexity index is 780. The van der Waals surface area contributed by atoms with E-state index in [2.05, 4.69) is 21.9 Å². The van der Waals surface area contributed by atoms with Crippen molar-refractivity contribution in [3.63, 3.8) is 0 Å². The molecule has 0 radical (unpaired) electrons. The van der Waals surface area contributed by atoms with Crippen molar-refractivity contribution in [2.45, 2.75) is 25.5 Å². The number of carbonyl (C=O) groups is 2. The average Bonchev–Trinajstić information content (AvgIpc) is 2.99. The maximum absolute atomic E-state index is 12.0. The van der Waals surface area contributed by atoms with E-state index >= 15 is 0 Å². The average molecular weight is 358 g/mol. The first-order valence-corrected chi connectivity index (χ1v) is 8.64. The number of nitrogens with one attached hydrogen (secondary N) is 2. The maximum atomic E-state index is 12.0. The lowest BCUT2D eigenvalue weighted by Gasteiger charge is -2.10. The van der Waals surface area contributed by atoms with Crippen LogP contribution in [0.4, 0.5) is 11.5 Å². The molecule has 0 aliphatic heterocycles. The molecule has 0 aliphatic carbocycles. The van der Waals surface area contributed by atoms with Crippen LogP contribution in [0.1, 0.15) is 18.2 Å². The Morgan fingerprint density at radius 3 is 2.64 bits per heavy atom. The quantitative estimate of drug-likeness (QED) is 0.788. The number of amides is 2. The van der Waals surface area contributed by atoms with Gasteiger partial charge in [-0.2, -0.15) is 5.26 Å². The molecule has 2 aromatic rings. The minimum Gasteiger partial charge on any atom is -0.360 e. The SMILES string of the molecule is Cc1cc(NC(=O)[C@@H](C)SCC(=O)Nc2ccc(CC#N)cc2)no1. The van der Waals surface area contributed by atoms with Gasteiger partial charge in [-0.3, -0.25) is 9.59 Å². The van der Waals surface area contributed by atoms with Crippen LogP contribution in [0.25, 0.3) is 0 Å². The van der Waals surface area contributed by atoms with E-state index in [0.717, 1.165) is 5.56 Å². The molecule has 8 heteroatoms. The molecule has 0 saturated heterocycles. The van der Waals surface area contributed by atoms with Crippen molar-refractivity contribution in [2.75, 3.05) is 16.4 Å². The van der Waals surface area contributed by atoms with Gasteiger partial charge in [0.15, 0.2) is 5.82 Å². The van der Waals surface area contributed by atoms with E-state index in [0.29, 0.717) is 23.7 Å². The number of thioether (sulfide) groups is 1. The van der Waals surface area contributed by atoms with Crippen LogP contribution in [0.2, 0.25) is 0 Å². The molecule has 1 aromatic carbocycles. The molecule has 0 bridgehead atoms. The van der Waals surface area contributed by atoms with E-state index in [1.807, 2.05) is 0 Å². The number of aromatic nitrogens is 1. The summed E-state index contributed by atoms with van der Waals surface area (Å²) in [4.78, 5) is 24.0. The van der Waals surface area contributed by atoms with Gasteiger partial charge in [0.25, 0.3) is 0 Å². The molecule has 2 amide bonds. The highest BCUT2D eigenvalue weighted by Crippen LogP contribution is 2.15. The second kappa shape index (κ2) is 8.89. The second-order valence-corrected chi connectivity index (χ2v) is 6.67. The Kier molecular flexibility index (Phi) is 6.60. The van der Waals surface area contributed by atoms with Gasteiger partial charge >= 0.3 is 0 Å². The maximum Gasteiger partial charge on any atom is 0.238 e. The van der Waals surface area contributed by atoms with Crippen LogP contribution in [0, 0.1) is 18.3 Å². The van der Waals surface area contributed by atoms with Gasteiger partial charge < -0.3 is 15.2 Å². The third-order valence-corrected chi connectivity index (χ3v) is 4.38. The summed E-state index contributed by atoms with van der Waals surface area (Å²) in [6.45, 7) is 3.45. The third kappa shape index (κ3) is 5.97. The van der Waals surface area contributed by atoms with E-state index in [1.165, 1.54) is 11.8 Å². The molecule has 0 unspecified atom stereocenters. The largest absolute Gasteiger partial charge is 0.360 e. The first kappa shape index (κ1) is 18.5. The lowest BCUT2D eigenvalue weighted by molar-refractivity contribution is -0.115. The van der Waals surface area contributed by atoms with Crippen molar-refractivity contribution in [3.05, 3.63) is 41.7 Å². The predicted octanol–water partition coefficient (Wildman–Crippen LogP) is 2.75. The van der Waals surface area contributed by atoms with Crippen molar-refractivity contribution < 1.29 is 14.1 Å². The minimum atomic E-state index is -0.416. The molecule has 0 aliphatic rings. The van der Waals surface area contributed by atoms with Gasteiger partial charge in [0.1, 0.15) is 5.76 Å². The monoisotopic (exact) mass is 358 g/mol. The highest BCUT2D eigenvalue weighted by molar-refractivity contribution is 8.01. The van der Waals surface area contributed by atoms with E-state index in [9.17, 15) is 9.59 Å². The smallest absolute Gasteiger partial charge is 0.238 e. The molecule has 2 rings (SSSR count). The van der Waals surface area contributed by atoms with Crippen LogP contribution in [0.5, 0.6) is 0 Å². The highest BCUT2D eigenvalue weighted by Gasteiger charge is 2.16. The number of anilines is 2. The Hall–Kier alpha value is -2.79. The zero-order valence-electron chi connectivity index (χ0n) is 13.9. The Morgan fingerprint density at radius 1 is 1.32 bits per heavy atom. The van der Waals surface area contributed by atoms with Crippen LogP contribution in [0.3, 0.4) is 0 Å². The van der Waals surface area contributed by atoms with Gasteiger partial charge in [-0.15, -0.1) is 11.8 Å². The molecule has 25 heavy (non-hydrogen) atoms. The number of nitrogens with zero attached hydrogens (tertiary/aromatic N) is 2. The molecule has 2 N–H and O–H groups in total. The number of carbonyl (C=O) groups excluding carboxylic acids is 2. The Labute approximate surface area is 149 Å². The number of benzene rings is 1. The van der Waals surface area contributed by atoms with Crippen molar-refractivity contribution in [1.29, 1.82) is 5.26 Å². The summed E-state index contributed by atoms with van der Waals surface area (Å²) in [6, 6.07) is 10.8. The number of rotatable bonds is 7. The zero-order chi connectivity index (χ0) is 18.2. The van der Waals surface area contributed by atoms with E-state index in [-0.39, 0.29) is 17.6 Å². The van der Waals surface area contributed by atoms with Gasteiger partial charge in [0, 0.05) is 11.8 Å². The fourth-order valence-electron chi connectivity index (χ4n) is 1.92. The predicted molar refractivity (Wildman–Crippen MR) is 96.2 cm³/mol.